The van der Waals surface area contributed by atoms with Crippen molar-refractivity contribution in [3.05, 3.63) is 59.0 Å². The number of ether oxygens (including phenoxy) is 4. The standard InChI is InChI=1S/C23H20O7/c1-25-14-5-6-15-16(12-22(24)30-19(15)11-14)18-8-7-17(29-18)13-9-20(26-2)23(28-4)21(10-13)27-3/h5-12H,1-4H3. The van der Waals surface area contributed by atoms with E-state index in [9.17, 15) is 4.79 Å². The Morgan fingerprint density at radius 1 is 0.700 bits per heavy atom. The van der Waals surface area contributed by atoms with Crippen molar-refractivity contribution in [1.82, 2.24) is 0 Å². The zero-order valence-electron chi connectivity index (χ0n) is 17.0. The predicted molar refractivity (Wildman–Crippen MR) is 112 cm³/mol. The highest BCUT2D eigenvalue weighted by atomic mass is 16.5. The molecule has 4 rings (SSSR count). The summed E-state index contributed by atoms with van der Waals surface area (Å²) in [6.07, 6.45) is 0. The van der Waals surface area contributed by atoms with E-state index in [2.05, 4.69) is 0 Å². The van der Waals surface area contributed by atoms with Crippen LogP contribution in [-0.4, -0.2) is 28.4 Å². The first-order chi connectivity index (χ1) is 14.6. The van der Waals surface area contributed by atoms with Gasteiger partial charge < -0.3 is 27.8 Å². The van der Waals surface area contributed by atoms with E-state index in [1.54, 1.807) is 58.8 Å². The summed E-state index contributed by atoms with van der Waals surface area (Å²) < 4.78 is 32.8. The third-order valence-corrected chi connectivity index (χ3v) is 4.77. The minimum absolute atomic E-state index is 0.419. The van der Waals surface area contributed by atoms with Crippen LogP contribution in [0, 0.1) is 0 Å². The highest BCUT2D eigenvalue weighted by Crippen LogP contribution is 2.42. The lowest BCUT2D eigenvalue weighted by Gasteiger charge is -2.13. The first kappa shape index (κ1) is 19.4. The quantitative estimate of drug-likeness (QED) is 0.426. The first-order valence-electron chi connectivity index (χ1n) is 9.10. The van der Waals surface area contributed by atoms with E-state index in [1.165, 1.54) is 6.07 Å². The summed E-state index contributed by atoms with van der Waals surface area (Å²) >= 11 is 0. The maximum atomic E-state index is 12.1. The van der Waals surface area contributed by atoms with E-state index >= 15 is 0 Å². The Morgan fingerprint density at radius 2 is 1.40 bits per heavy atom. The molecule has 0 bridgehead atoms. The van der Waals surface area contributed by atoms with Crippen molar-refractivity contribution in [3.63, 3.8) is 0 Å². The maximum absolute atomic E-state index is 12.1. The lowest BCUT2D eigenvalue weighted by molar-refractivity contribution is 0.324. The molecule has 0 N–H and O–H groups in total. The van der Waals surface area contributed by atoms with Gasteiger partial charge >= 0.3 is 5.63 Å². The second-order valence-corrected chi connectivity index (χ2v) is 6.42. The van der Waals surface area contributed by atoms with E-state index in [4.69, 9.17) is 27.8 Å². The second-order valence-electron chi connectivity index (χ2n) is 6.42. The van der Waals surface area contributed by atoms with Gasteiger partial charge in [-0.3, -0.25) is 0 Å². The summed E-state index contributed by atoms with van der Waals surface area (Å²) in [5, 5.41) is 0.737. The molecule has 0 atom stereocenters. The fraction of sp³-hybridized carbons (Fsp3) is 0.174. The molecule has 0 saturated heterocycles. The molecule has 0 fully saturated rings. The molecule has 154 valence electrons. The van der Waals surface area contributed by atoms with Gasteiger partial charge in [-0.2, -0.15) is 0 Å². The Bertz CT molecular complexity index is 1240. The van der Waals surface area contributed by atoms with Gasteiger partial charge in [0.2, 0.25) is 5.75 Å². The van der Waals surface area contributed by atoms with Gasteiger partial charge in [0, 0.05) is 28.6 Å². The van der Waals surface area contributed by atoms with Crippen molar-refractivity contribution in [1.29, 1.82) is 0 Å². The smallest absolute Gasteiger partial charge is 0.336 e. The molecule has 0 unspecified atom stereocenters. The van der Waals surface area contributed by atoms with Gasteiger partial charge in [0.05, 0.1) is 28.4 Å². The van der Waals surface area contributed by atoms with E-state index in [1.807, 2.05) is 12.1 Å². The van der Waals surface area contributed by atoms with Crippen LogP contribution in [0.15, 0.2) is 62.2 Å². The summed E-state index contributed by atoms with van der Waals surface area (Å²) in [5.41, 5.74) is 1.31. The van der Waals surface area contributed by atoms with Crippen molar-refractivity contribution < 1.29 is 27.8 Å². The largest absolute Gasteiger partial charge is 0.497 e. The number of benzene rings is 2. The molecule has 7 heteroatoms. The molecule has 2 heterocycles. The third-order valence-electron chi connectivity index (χ3n) is 4.77. The zero-order chi connectivity index (χ0) is 21.3. The lowest BCUT2D eigenvalue weighted by atomic mass is 10.1. The fourth-order valence-electron chi connectivity index (χ4n) is 3.34. The molecule has 4 aromatic rings. The second kappa shape index (κ2) is 7.87. The molecular weight excluding hydrogens is 388 g/mol. The van der Waals surface area contributed by atoms with Crippen molar-refractivity contribution in [2.24, 2.45) is 0 Å². The Morgan fingerprint density at radius 3 is 2.03 bits per heavy atom. The Labute approximate surface area is 172 Å². The molecule has 7 nitrogen and oxygen atoms in total. The molecule has 0 saturated carbocycles. The van der Waals surface area contributed by atoms with Crippen molar-refractivity contribution in [3.8, 4) is 45.6 Å². The number of hydrogen-bond acceptors (Lipinski definition) is 7. The van der Waals surface area contributed by atoms with Crippen LogP contribution in [0.2, 0.25) is 0 Å². The summed E-state index contributed by atoms with van der Waals surface area (Å²) in [7, 11) is 6.21. The molecule has 0 amide bonds. The number of furan rings is 1. The van der Waals surface area contributed by atoms with Gasteiger partial charge in [-0.25, -0.2) is 4.79 Å². The summed E-state index contributed by atoms with van der Waals surface area (Å²) in [6.45, 7) is 0. The van der Waals surface area contributed by atoms with E-state index in [-0.39, 0.29) is 0 Å². The Kier molecular flexibility index (Phi) is 5.10. The summed E-state index contributed by atoms with van der Waals surface area (Å²) in [5.74, 6) is 3.24. The molecule has 0 aliphatic heterocycles. The molecular formula is C23H20O7. The van der Waals surface area contributed by atoms with Crippen molar-refractivity contribution in [2.75, 3.05) is 28.4 Å². The van der Waals surface area contributed by atoms with Gasteiger partial charge in [-0.05, 0) is 36.4 Å². The minimum Gasteiger partial charge on any atom is -0.497 e. The summed E-state index contributed by atoms with van der Waals surface area (Å²) in [6, 6.07) is 13.9. The van der Waals surface area contributed by atoms with Gasteiger partial charge in [0.25, 0.3) is 0 Å². The third kappa shape index (κ3) is 3.34. The number of hydrogen-bond donors (Lipinski definition) is 0. The lowest BCUT2D eigenvalue weighted by Crippen LogP contribution is -1.98. The number of fused-ring (bicyclic) bond motifs is 1. The van der Waals surface area contributed by atoms with Crippen LogP contribution in [0.4, 0.5) is 0 Å². The number of rotatable bonds is 6. The Balaban J connectivity index is 1.83. The van der Waals surface area contributed by atoms with Crippen LogP contribution < -0.4 is 24.6 Å². The summed E-state index contributed by atoms with van der Waals surface area (Å²) in [4.78, 5) is 12.1. The average Bonchev–Trinajstić information content (AvgIpc) is 3.27. The molecule has 2 aromatic carbocycles. The Hall–Kier alpha value is -3.87. The molecule has 0 aliphatic rings. The van der Waals surface area contributed by atoms with Gasteiger partial charge in [-0.1, -0.05) is 0 Å². The van der Waals surface area contributed by atoms with Crippen LogP contribution in [0.5, 0.6) is 23.0 Å². The molecule has 0 aliphatic carbocycles. The van der Waals surface area contributed by atoms with E-state index in [0.29, 0.717) is 45.7 Å². The van der Waals surface area contributed by atoms with Crippen LogP contribution in [0.1, 0.15) is 0 Å². The van der Waals surface area contributed by atoms with Crippen LogP contribution in [0.25, 0.3) is 33.6 Å². The van der Waals surface area contributed by atoms with E-state index < -0.39 is 5.63 Å². The normalized spacial score (nSPS) is 10.8. The topological polar surface area (TPSA) is 80.3 Å². The zero-order valence-corrected chi connectivity index (χ0v) is 17.0. The molecule has 30 heavy (non-hydrogen) atoms. The highest BCUT2D eigenvalue weighted by molar-refractivity contribution is 5.92. The SMILES string of the molecule is COc1ccc2c(-c3ccc(-c4cc(OC)c(OC)c(OC)c4)o3)cc(=O)oc2c1. The number of methoxy groups -OCH3 is 4. The monoisotopic (exact) mass is 408 g/mol. The average molecular weight is 408 g/mol. The molecule has 0 spiro atoms. The predicted octanol–water partition coefficient (Wildman–Crippen LogP) is 4.75. The van der Waals surface area contributed by atoms with Crippen molar-refractivity contribution in [2.45, 2.75) is 0 Å². The van der Waals surface area contributed by atoms with Gasteiger partial charge in [0.1, 0.15) is 22.9 Å². The van der Waals surface area contributed by atoms with Gasteiger partial charge in [0.15, 0.2) is 11.5 Å². The molecule has 0 radical (unpaired) electrons. The van der Waals surface area contributed by atoms with Crippen LogP contribution in [0.3, 0.4) is 0 Å². The van der Waals surface area contributed by atoms with E-state index in [0.717, 1.165) is 10.9 Å². The first-order valence-corrected chi connectivity index (χ1v) is 9.10. The maximum Gasteiger partial charge on any atom is 0.336 e. The fourth-order valence-corrected chi connectivity index (χ4v) is 3.34. The molecule has 2 aromatic heterocycles. The van der Waals surface area contributed by atoms with Crippen LogP contribution >= 0.6 is 0 Å². The van der Waals surface area contributed by atoms with Crippen LogP contribution in [-0.2, 0) is 0 Å². The van der Waals surface area contributed by atoms with Gasteiger partial charge in [-0.15, -0.1) is 0 Å². The minimum atomic E-state index is -0.475. The highest BCUT2D eigenvalue weighted by Gasteiger charge is 2.17. The van der Waals surface area contributed by atoms with Crippen molar-refractivity contribution >= 4 is 11.0 Å².